The lowest BCUT2D eigenvalue weighted by molar-refractivity contribution is -0.161. The summed E-state index contributed by atoms with van der Waals surface area (Å²) >= 11 is 0. The molecule has 0 fully saturated rings. The minimum Gasteiger partial charge on any atom is -0.462 e. The number of hydrogen-bond acceptors (Lipinski definition) is 10. The Morgan fingerprint density at radius 1 is 0.352 bits per heavy atom. The molecular formula is C44H84O10. The van der Waals surface area contributed by atoms with E-state index in [-0.39, 0.29) is 50.3 Å². The summed E-state index contributed by atoms with van der Waals surface area (Å²) in [7, 11) is 0. The van der Waals surface area contributed by atoms with Crippen LogP contribution < -0.4 is 0 Å². The van der Waals surface area contributed by atoms with Crippen LogP contribution in [0.3, 0.4) is 0 Å². The van der Waals surface area contributed by atoms with Gasteiger partial charge < -0.3 is 29.2 Å². The van der Waals surface area contributed by atoms with Crippen LogP contribution in [0.25, 0.3) is 0 Å². The van der Waals surface area contributed by atoms with Gasteiger partial charge in [-0.05, 0) is 25.7 Å². The first-order valence-corrected chi connectivity index (χ1v) is 22.2. The fourth-order valence-electron chi connectivity index (χ4n) is 5.81. The Bertz CT molecular complexity index is 849. The van der Waals surface area contributed by atoms with Crippen molar-refractivity contribution in [3.63, 3.8) is 0 Å². The number of carbonyl (C=O) groups excluding carboxylic acids is 4. The Labute approximate surface area is 330 Å². The summed E-state index contributed by atoms with van der Waals surface area (Å²) in [5.74, 6) is -1.22. The molecule has 320 valence electrons. The zero-order valence-electron chi connectivity index (χ0n) is 35.4. The molecule has 10 nitrogen and oxygen atoms in total. The quantitative estimate of drug-likeness (QED) is 0.0353. The molecule has 0 aromatic heterocycles. The van der Waals surface area contributed by atoms with Crippen LogP contribution in [0.2, 0.25) is 0 Å². The summed E-state index contributed by atoms with van der Waals surface area (Å²) in [4.78, 5) is 47.0. The van der Waals surface area contributed by atoms with Crippen LogP contribution in [0.4, 0.5) is 0 Å². The molecule has 0 aliphatic heterocycles. The van der Waals surface area contributed by atoms with Gasteiger partial charge >= 0.3 is 23.9 Å². The topological polar surface area (TPSA) is 146 Å². The van der Waals surface area contributed by atoms with E-state index in [2.05, 4.69) is 27.7 Å². The van der Waals surface area contributed by atoms with E-state index in [4.69, 9.17) is 18.9 Å². The first-order valence-electron chi connectivity index (χ1n) is 22.2. The normalized spacial score (nSPS) is 12.0. The molecule has 54 heavy (non-hydrogen) atoms. The average Bonchev–Trinajstić information content (AvgIpc) is 3.17. The second-order valence-electron chi connectivity index (χ2n) is 14.7. The lowest BCUT2D eigenvalue weighted by Crippen LogP contribution is -2.28. The molecule has 0 saturated heterocycles. The molecule has 0 aliphatic carbocycles. The van der Waals surface area contributed by atoms with Gasteiger partial charge in [-0.2, -0.15) is 0 Å². The second-order valence-corrected chi connectivity index (χ2v) is 14.7. The molecule has 10 heteroatoms. The highest BCUT2D eigenvalue weighted by atomic mass is 16.6. The highest BCUT2D eigenvalue weighted by Crippen LogP contribution is 2.13. The molecule has 2 N–H and O–H groups in total. The molecule has 0 saturated carbocycles. The van der Waals surface area contributed by atoms with Gasteiger partial charge in [-0.25, -0.2) is 0 Å². The van der Waals surface area contributed by atoms with Gasteiger partial charge in [0.25, 0.3) is 0 Å². The maximum atomic E-state index is 11.9. The number of unbranched alkanes of at least 4 members (excludes halogenated alkanes) is 22. The van der Waals surface area contributed by atoms with Crippen molar-refractivity contribution >= 4 is 23.9 Å². The van der Waals surface area contributed by atoms with E-state index in [1.54, 1.807) is 0 Å². The molecule has 0 spiro atoms. The van der Waals surface area contributed by atoms with E-state index < -0.39 is 12.2 Å². The minimum atomic E-state index is -0.755. The van der Waals surface area contributed by atoms with Gasteiger partial charge in [-0.3, -0.25) is 19.2 Å². The van der Waals surface area contributed by atoms with Crippen LogP contribution in [-0.4, -0.2) is 72.7 Å². The molecule has 0 radical (unpaired) electrons. The second kappa shape index (κ2) is 43.5. The summed E-state index contributed by atoms with van der Waals surface area (Å²) in [5, 5.41) is 18.6. The molecule has 0 heterocycles. The monoisotopic (exact) mass is 773 g/mol. The maximum absolute atomic E-state index is 11.9. The van der Waals surface area contributed by atoms with Crippen molar-refractivity contribution in [2.75, 3.05) is 26.4 Å². The summed E-state index contributed by atoms with van der Waals surface area (Å²) in [5.41, 5.74) is 0. The first kappa shape index (κ1) is 53.9. The number of esters is 4. The van der Waals surface area contributed by atoms with Crippen LogP contribution >= 0.6 is 0 Å². The van der Waals surface area contributed by atoms with E-state index in [9.17, 15) is 29.4 Å². The summed E-state index contributed by atoms with van der Waals surface area (Å²) < 4.78 is 20.6. The van der Waals surface area contributed by atoms with E-state index in [0.29, 0.717) is 25.7 Å². The van der Waals surface area contributed by atoms with Crippen LogP contribution in [-0.2, 0) is 38.1 Å². The Hall–Kier alpha value is -2.20. The molecule has 0 bridgehead atoms. The van der Waals surface area contributed by atoms with Crippen LogP contribution in [0.15, 0.2) is 0 Å². The van der Waals surface area contributed by atoms with Crippen LogP contribution in [0.5, 0.6) is 0 Å². The van der Waals surface area contributed by atoms with Gasteiger partial charge in [-0.1, -0.05) is 169 Å². The molecule has 0 aromatic rings. The first-order chi connectivity index (χ1) is 26.3. The SMILES string of the molecule is CCCCCCCCCC(=O)OC(CO)COC(=O)CCCCCCC.CCCCCCCCCCCC(=O)OC(CO)COC(=O)CCCCCCC. The van der Waals surface area contributed by atoms with Gasteiger partial charge in [0, 0.05) is 25.7 Å². The predicted octanol–water partition coefficient (Wildman–Crippen LogP) is 10.6. The van der Waals surface area contributed by atoms with Gasteiger partial charge in [0.2, 0.25) is 0 Å². The molecule has 0 rings (SSSR count). The average molecular weight is 773 g/mol. The van der Waals surface area contributed by atoms with Crippen molar-refractivity contribution in [3.8, 4) is 0 Å². The zero-order valence-corrected chi connectivity index (χ0v) is 35.4. The number of aliphatic hydroxyl groups is 2. The van der Waals surface area contributed by atoms with Gasteiger partial charge in [0.1, 0.15) is 13.2 Å². The molecule has 2 unspecified atom stereocenters. The lowest BCUT2D eigenvalue weighted by atomic mass is 10.1. The van der Waals surface area contributed by atoms with E-state index in [0.717, 1.165) is 77.0 Å². The van der Waals surface area contributed by atoms with Crippen molar-refractivity contribution in [2.24, 2.45) is 0 Å². The third kappa shape index (κ3) is 41.0. The van der Waals surface area contributed by atoms with Gasteiger partial charge in [0.05, 0.1) is 13.2 Å². The van der Waals surface area contributed by atoms with E-state index in [1.165, 1.54) is 89.9 Å². The van der Waals surface area contributed by atoms with Crippen LogP contribution in [0.1, 0.15) is 220 Å². The number of carbonyl (C=O) groups is 4. The number of ether oxygens (including phenoxy) is 4. The van der Waals surface area contributed by atoms with Crippen molar-refractivity contribution in [3.05, 3.63) is 0 Å². The Morgan fingerprint density at radius 2 is 0.574 bits per heavy atom. The summed E-state index contributed by atoms with van der Waals surface area (Å²) in [6, 6.07) is 0. The van der Waals surface area contributed by atoms with Gasteiger partial charge in [0.15, 0.2) is 12.2 Å². The number of rotatable bonds is 38. The van der Waals surface area contributed by atoms with Crippen LogP contribution in [0, 0.1) is 0 Å². The molecule has 0 aliphatic rings. The van der Waals surface area contributed by atoms with Crippen molar-refractivity contribution in [1.29, 1.82) is 0 Å². The number of hydrogen-bond donors (Lipinski definition) is 2. The molecule has 0 amide bonds. The standard InChI is InChI=1S/C23H44O5.C21H40O5/c1-3-5-7-9-10-11-12-14-16-18-23(26)28-21(19-24)20-27-22(25)17-15-13-8-6-4-2;1-3-5-7-9-10-12-14-16-21(24)26-19(17-22)18-25-20(23)15-13-11-8-6-4-2/h21,24H,3-20H2,1-2H3;19,22H,3-18H2,1-2H3. The fraction of sp³-hybridized carbons (Fsp3) is 0.909. The largest absolute Gasteiger partial charge is 0.462 e. The maximum Gasteiger partial charge on any atom is 0.306 e. The van der Waals surface area contributed by atoms with E-state index >= 15 is 0 Å². The zero-order chi connectivity index (χ0) is 40.3. The summed E-state index contributed by atoms with van der Waals surface area (Å²) in [6.07, 6.45) is 29.4. The third-order valence-corrected chi connectivity index (χ3v) is 9.30. The Morgan fingerprint density at radius 3 is 0.815 bits per heavy atom. The lowest BCUT2D eigenvalue weighted by Gasteiger charge is -2.15. The molecule has 0 aromatic carbocycles. The van der Waals surface area contributed by atoms with Crippen molar-refractivity contribution in [1.82, 2.24) is 0 Å². The van der Waals surface area contributed by atoms with E-state index in [1.807, 2.05) is 0 Å². The Balaban J connectivity index is 0. The molecular weight excluding hydrogens is 688 g/mol. The Kier molecular flexibility index (Phi) is 43.4. The molecule has 2 atom stereocenters. The minimum absolute atomic E-state index is 0.0617. The van der Waals surface area contributed by atoms with Gasteiger partial charge in [-0.15, -0.1) is 0 Å². The van der Waals surface area contributed by atoms with Crippen molar-refractivity contribution in [2.45, 2.75) is 233 Å². The summed E-state index contributed by atoms with van der Waals surface area (Å²) in [6.45, 7) is 7.94. The fourth-order valence-corrected chi connectivity index (χ4v) is 5.81. The predicted molar refractivity (Wildman–Crippen MR) is 217 cm³/mol. The third-order valence-electron chi connectivity index (χ3n) is 9.30. The highest BCUT2D eigenvalue weighted by molar-refractivity contribution is 5.71. The smallest absolute Gasteiger partial charge is 0.306 e. The van der Waals surface area contributed by atoms with Crippen molar-refractivity contribution < 1.29 is 48.3 Å². The number of aliphatic hydroxyl groups excluding tert-OH is 2. The highest BCUT2D eigenvalue weighted by Gasteiger charge is 2.17.